The minimum absolute atomic E-state index is 0.409. The number of halogens is 2. The molecule has 96 valence electrons. The van der Waals surface area contributed by atoms with E-state index in [1.54, 1.807) is 0 Å². The van der Waals surface area contributed by atoms with Gasteiger partial charge in [0.25, 0.3) is 0 Å². The van der Waals surface area contributed by atoms with Gasteiger partial charge in [0.15, 0.2) is 0 Å². The second-order valence-electron chi connectivity index (χ2n) is 6.12. The molecule has 0 nitrogen and oxygen atoms in total. The molecule has 0 fully saturated rings. The summed E-state index contributed by atoms with van der Waals surface area (Å²) < 4.78 is 0. The molecule has 1 rings (SSSR count). The lowest BCUT2D eigenvalue weighted by Gasteiger charge is -2.25. The van der Waals surface area contributed by atoms with Gasteiger partial charge in [-0.05, 0) is 41.9 Å². The summed E-state index contributed by atoms with van der Waals surface area (Å²) in [6, 6.07) is 8.12. The van der Waals surface area contributed by atoms with Gasteiger partial charge in [-0.3, -0.25) is 0 Å². The van der Waals surface area contributed by atoms with Gasteiger partial charge >= 0.3 is 0 Å². The van der Waals surface area contributed by atoms with Crippen LogP contribution in [0.15, 0.2) is 24.3 Å². The molecule has 0 N–H and O–H groups in total. The van der Waals surface area contributed by atoms with Crippen molar-refractivity contribution in [2.45, 2.75) is 45.4 Å². The van der Waals surface area contributed by atoms with Gasteiger partial charge in [0, 0.05) is 9.85 Å². The van der Waals surface area contributed by atoms with E-state index in [9.17, 15) is 0 Å². The first-order chi connectivity index (χ1) is 7.78. The van der Waals surface area contributed by atoms with Gasteiger partial charge in [0.1, 0.15) is 0 Å². The van der Waals surface area contributed by atoms with Crippen molar-refractivity contribution < 1.29 is 0 Å². The first-order valence-corrected chi connectivity index (χ1v) is 7.47. The predicted molar refractivity (Wildman–Crippen MR) is 81.0 cm³/mol. The Morgan fingerprint density at radius 3 is 2.18 bits per heavy atom. The van der Waals surface area contributed by atoms with Crippen LogP contribution in [0.2, 0.25) is 5.02 Å². The van der Waals surface area contributed by atoms with Crippen molar-refractivity contribution in [2.24, 2.45) is 11.3 Å². The lowest BCUT2D eigenvalue weighted by molar-refractivity contribution is 0.296. The maximum absolute atomic E-state index is 5.89. The first-order valence-electron chi connectivity index (χ1n) is 6.17. The van der Waals surface area contributed by atoms with Crippen LogP contribution in [0.3, 0.4) is 0 Å². The maximum Gasteiger partial charge on any atom is 0.0406 e. The van der Waals surface area contributed by atoms with Gasteiger partial charge in [0.05, 0.1) is 0 Å². The molecule has 1 aromatic carbocycles. The molecule has 0 bridgehead atoms. The van der Waals surface area contributed by atoms with E-state index in [2.05, 4.69) is 55.8 Å². The molecule has 2 heteroatoms. The number of hydrogen-bond donors (Lipinski definition) is 0. The fraction of sp³-hybridized carbons (Fsp3) is 0.600. The normalized spacial score (nSPS) is 15.6. The summed E-state index contributed by atoms with van der Waals surface area (Å²) in [6.45, 7) is 9.23. The topological polar surface area (TPSA) is 0 Å². The van der Waals surface area contributed by atoms with Crippen LogP contribution in [0.1, 0.15) is 50.9 Å². The molecule has 0 aromatic heterocycles. The third-order valence-corrected chi connectivity index (χ3v) is 3.96. The molecule has 0 spiro atoms. The van der Waals surface area contributed by atoms with Crippen molar-refractivity contribution in [3.63, 3.8) is 0 Å². The molecular formula is C15H22BrCl. The largest absolute Gasteiger partial charge is 0.0843 e. The average Bonchev–Trinajstić information content (AvgIpc) is 2.15. The quantitative estimate of drug-likeness (QED) is 0.577. The van der Waals surface area contributed by atoms with Gasteiger partial charge in [-0.25, -0.2) is 0 Å². The molecule has 1 aromatic rings. The Hall–Kier alpha value is -0.0100. The number of alkyl halides is 1. The Labute approximate surface area is 119 Å². The maximum atomic E-state index is 5.89. The van der Waals surface area contributed by atoms with Crippen molar-refractivity contribution in [1.82, 2.24) is 0 Å². The van der Waals surface area contributed by atoms with Crippen molar-refractivity contribution in [3.8, 4) is 0 Å². The number of hydrogen-bond acceptors (Lipinski definition) is 0. The van der Waals surface area contributed by atoms with Gasteiger partial charge in [-0.1, -0.05) is 67.4 Å². The zero-order valence-corrected chi connectivity index (χ0v) is 13.5. The Morgan fingerprint density at radius 2 is 1.71 bits per heavy atom. The minimum Gasteiger partial charge on any atom is -0.0843 e. The highest BCUT2D eigenvalue weighted by Gasteiger charge is 2.18. The molecule has 0 saturated heterocycles. The van der Waals surface area contributed by atoms with Crippen LogP contribution in [0.5, 0.6) is 0 Å². The second kappa shape index (κ2) is 6.24. The van der Waals surface area contributed by atoms with E-state index in [4.69, 9.17) is 11.6 Å². The SMILES string of the molecule is CC(CC(Br)c1ccc(Cl)cc1)CC(C)(C)C. The molecule has 0 aliphatic carbocycles. The third kappa shape index (κ3) is 5.92. The summed E-state index contributed by atoms with van der Waals surface area (Å²) in [5.41, 5.74) is 1.72. The summed E-state index contributed by atoms with van der Waals surface area (Å²) in [4.78, 5) is 0.428. The number of rotatable bonds is 4. The molecule has 0 saturated carbocycles. The molecule has 17 heavy (non-hydrogen) atoms. The molecule has 2 atom stereocenters. The van der Waals surface area contributed by atoms with Crippen LogP contribution in [0.25, 0.3) is 0 Å². The highest BCUT2D eigenvalue weighted by atomic mass is 79.9. The molecule has 0 aliphatic heterocycles. The lowest BCUT2D eigenvalue weighted by Crippen LogP contribution is -2.12. The van der Waals surface area contributed by atoms with E-state index in [1.807, 2.05) is 12.1 Å². The number of benzene rings is 1. The van der Waals surface area contributed by atoms with E-state index in [-0.39, 0.29) is 0 Å². The van der Waals surface area contributed by atoms with Crippen molar-refractivity contribution >= 4 is 27.5 Å². The Kier molecular flexibility index (Phi) is 5.53. The van der Waals surface area contributed by atoms with Crippen LogP contribution in [0.4, 0.5) is 0 Å². The summed E-state index contributed by atoms with van der Waals surface area (Å²) in [5, 5.41) is 0.802. The smallest absolute Gasteiger partial charge is 0.0406 e. The van der Waals surface area contributed by atoms with Crippen LogP contribution < -0.4 is 0 Å². The van der Waals surface area contributed by atoms with Crippen molar-refractivity contribution in [3.05, 3.63) is 34.9 Å². The summed E-state index contributed by atoms with van der Waals surface area (Å²) >= 11 is 9.67. The van der Waals surface area contributed by atoms with Crippen molar-refractivity contribution in [2.75, 3.05) is 0 Å². The zero-order chi connectivity index (χ0) is 13.1. The fourth-order valence-corrected chi connectivity index (χ4v) is 3.36. The Bertz CT molecular complexity index is 337. The van der Waals surface area contributed by atoms with Gasteiger partial charge in [-0.2, -0.15) is 0 Å². The van der Waals surface area contributed by atoms with Crippen molar-refractivity contribution in [1.29, 1.82) is 0 Å². The van der Waals surface area contributed by atoms with E-state index >= 15 is 0 Å². The monoisotopic (exact) mass is 316 g/mol. The van der Waals surface area contributed by atoms with Gasteiger partial charge in [0.2, 0.25) is 0 Å². The first kappa shape index (κ1) is 15.0. The lowest BCUT2D eigenvalue weighted by atomic mass is 9.83. The molecule has 0 heterocycles. The standard InChI is InChI=1S/C15H22BrCl/c1-11(10-15(2,3)4)9-14(16)12-5-7-13(17)8-6-12/h5-8,11,14H,9-10H2,1-4H3. The molecule has 0 amide bonds. The fourth-order valence-electron chi connectivity index (χ4n) is 2.29. The Balaban J connectivity index is 2.54. The minimum atomic E-state index is 0.409. The van der Waals surface area contributed by atoms with Crippen LogP contribution in [0, 0.1) is 11.3 Å². The molecule has 0 radical (unpaired) electrons. The molecule has 2 unspecified atom stereocenters. The highest BCUT2D eigenvalue weighted by Crippen LogP contribution is 2.35. The van der Waals surface area contributed by atoms with Crippen LogP contribution >= 0.6 is 27.5 Å². The van der Waals surface area contributed by atoms with E-state index in [0.717, 1.165) is 10.9 Å². The summed E-state index contributed by atoms with van der Waals surface area (Å²) in [7, 11) is 0. The van der Waals surface area contributed by atoms with Gasteiger partial charge in [-0.15, -0.1) is 0 Å². The zero-order valence-electron chi connectivity index (χ0n) is 11.1. The third-order valence-electron chi connectivity index (χ3n) is 2.80. The Morgan fingerprint density at radius 1 is 1.18 bits per heavy atom. The average molecular weight is 318 g/mol. The highest BCUT2D eigenvalue weighted by molar-refractivity contribution is 9.09. The second-order valence-corrected chi connectivity index (χ2v) is 7.67. The summed E-state index contributed by atoms with van der Waals surface area (Å²) in [5.74, 6) is 0.718. The summed E-state index contributed by atoms with van der Waals surface area (Å²) in [6.07, 6.45) is 2.42. The van der Waals surface area contributed by atoms with Crippen LogP contribution in [-0.2, 0) is 0 Å². The predicted octanol–water partition coefficient (Wildman–Crippen LogP) is 6.24. The van der Waals surface area contributed by atoms with Gasteiger partial charge < -0.3 is 0 Å². The molecular weight excluding hydrogens is 296 g/mol. The molecule has 0 aliphatic rings. The van der Waals surface area contributed by atoms with E-state index in [1.165, 1.54) is 18.4 Å². The van der Waals surface area contributed by atoms with E-state index < -0.39 is 0 Å². The van der Waals surface area contributed by atoms with Crippen LogP contribution in [-0.4, -0.2) is 0 Å². The van der Waals surface area contributed by atoms with E-state index in [0.29, 0.717) is 10.2 Å².